The molecular formula is C17H13O11S-. The van der Waals surface area contributed by atoms with E-state index in [1.165, 1.54) is 6.07 Å². The van der Waals surface area contributed by atoms with Crippen molar-refractivity contribution >= 4 is 21.4 Å². The molecule has 0 unspecified atom stereocenters. The minimum absolute atomic E-state index is 0.116. The fourth-order valence-corrected chi connectivity index (χ4v) is 3.03. The standard InChI is InChI=1S/C17H14O11S/c1-25-16-11(28-29(22,23)24)6-10-12(13(16)20)14(21)17(26-2)15(27-10)7-3-4-8(18)9(19)5-7/h3-6,18-20H,1-2H3,(H,22,23,24)/p-1. The molecular weight excluding hydrogens is 412 g/mol. The van der Waals surface area contributed by atoms with Crippen LogP contribution in [0.1, 0.15) is 0 Å². The van der Waals surface area contributed by atoms with Crippen molar-refractivity contribution in [3.8, 4) is 45.8 Å². The van der Waals surface area contributed by atoms with Crippen molar-refractivity contribution in [2.24, 2.45) is 0 Å². The predicted octanol–water partition coefficient (Wildman–Crippen LogP) is 1.43. The summed E-state index contributed by atoms with van der Waals surface area (Å²) in [4.78, 5) is 12.9. The van der Waals surface area contributed by atoms with E-state index >= 15 is 0 Å². The average molecular weight is 425 g/mol. The van der Waals surface area contributed by atoms with E-state index in [9.17, 15) is 33.1 Å². The fourth-order valence-electron chi connectivity index (χ4n) is 2.69. The number of rotatable bonds is 5. The van der Waals surface area contributed by atoms with Crippen LogP contribution in [0.4, 0.5) is 0 Å². The van der Waals surface area contributed by atoms with Crippen molar-refractivity contribution in [1.29, 1.82) is 0 Å². The van der Waals surface area contributed by atoms with Crippen LogP contribution in [0.15, 0.2) is 33.5 Å². The summed E-state index contributed by atoms with van der Waals surface area (Å²) in [6, 6.07) is 4.40. The van der Waals surface area contributed by atoms with Gasteiger partial charge in [-0.2, -0.15) is 0 Å². The Morgan fingerprint density at radius 2 is 1.66 bits per heavy atom. The Morgan fingerprint density at radius 3 is 2.21 bits per heavy atom. The van der Waals surface area contributed by atoms with E-state index in [0.717, 1.165) is 32.4 Å². The zero-order chi connectivity index (χ0) is 21.5. The van der Waals surface area contributed by atoms with Crippen LogP contribution in [-0.4, -0.2) is 42.5 Å². The molecule has 3 aromatic rings. The predicted molar refractivity (Wildman–Crippen MR) is 96.3 cm³/mol. The molecule has 0 saturated heterocycles. The van der Waals surface area contributed by atoms with Crippen molar-refractivity contribution in [3.05, 3.63) is 34.5 Å². The summed E-state index contributed by atoms with van der Waals surface area (Å²) < 4.78 is 52.6. The lowest BCUT2D eigenvalue weighted by Gasteiger charge is -2.16. The minimum atomic E-state index is -5.24. The lowest BCUT2D eigenvalue weighted by molar-refractivity contribution is 0.338. The molecule has 0 atom stereocenters. The zero-order valence-corrected chi connectivity index (χ0v) is 15.6. The number of phenols is 3. The second-order valence-corrected chi connectivity index (χ2v) is 6.60. The Hall–Kier alpha value is -3.64. The van der Waals surface area contributed by atoms with Crippen LogP contribution in [0.5, 0.6) is 34.5 Å². The Kier molecular flexibility index (Phi) is 4.90. The zero-order valence-electron chi connectivity index (χ0n) is 14.8. The molecule has 0 radical (unpaired) electrons. The van der Waals surface area contributed by atoms with E-state index in [1.807, 2.05) is 0 Å². The minimum Gasteiger partial charge on any atom is -0.716 e. The van der Waals surface area contributed by atoms with Gasteiger partial charge in [-0.25, -0.2) is 8.42 Å². The van der Waals surface area contributed by atoms with Gasteiger partial charge in [0.1, 0.15) is 11.0 Å². The van der Waals surface area contributed by atoms with Gasteiger partial charge < -0.3 is 37.9 Å². The maximum Gasteiger partial charge on any atom is 0.262 e. The third kappa shape index (κ3) is 3.58. The molecule has 1 heterocycles. The highest BCUT2D eigenvalue weighted by Gasteiger charge is 2.25. The highest BCUT2D eigenvalue weighted by Crippen LogP contribution is 2.44. The summed E-state index contributed by atoms with van der Waals surface area (Å²) in [5, 5.41) is 29.1. The van der Waals surface area contributed by atoms with Crippen LogP contribution in [0.2, 0.25) is 0 Å². The first-order valence-corrected chi connectivity index (χ1v) is 9.03. The van der Waals surface area contributed by atoms with E-state index in [0.29, 0.717) is 0 Å². The van der Waals surface area contributed by atoms with Gasteiger partial charge in [-0.15, -0.1) is 0 Å². The summed E-state index contributed by atoms with van der Waals surface area (Å²) in [6.45, 7) is 0. The van der Waals surface area contributed by atoms with Gasteiger partial charge in [-0.3, -0.25) is 4.79 Å². The largest absolute Gasteiger partial charge is 0.716 e. The van der Waals surface area contributed by atoms with Crippen LogP contribution >= 0.6 is 0 Å². The average Bonchev–Trinajstić information content (AvgIpc) is 2.62. The van der Waals surface area contributed by atoms with E-state index in [2.05, 4.69) is 4.18 Å². The molecule has 0 saturated carbocycles. The number of benzene rings is 2. The Balaban J connectivity index is 2.41. The van der Waals surface area contributed by atoms with E-state index in [1.54, 1.807) is 0 Å². The van der Waals surface area contributed by atoms with Gasteiger partial charge in [0, 0.05) is 11.6 Å². The van der Waals surface area contributed by atoms with Crippen molar-refractivity contribution in [2.75, 3.05) is 14.2 Å². The van der Waals surface area contributed by atoms with Crippen molar-refractivity contribution in [2.45, 2.75) is 0 Å². The molecule has 12 heteroatoms. The summed E-state index contributed by atoms with van der Waals surface area (Å²) in [5.41, 5.74) is -1.11. The molecule has 0 aliphatic carbocycles. The van der Waals surface area contributed by atoms with Crippen molar-refractivity contribution in [3.63, 3.8) is 0 Å². The van der Waals surface area contributed by atoms with E-state index in [-0.39, 0.29) is 22.7 Å². The molecule has 0 fully saturated rings. The van der Waals surface area contributed by atoms with Gasteiger partial charge >= 0.3 is 0 Å². The van der Waals surface area contributed by atoms with Crippen molar-refractivity contribution in [1.82, 2.24) is 0 Å². The monoisotopic (exact) mass is 425 g/mol. The molecule has 0 aliphatic rings. The molecule has 0 aliphatic heterocycles. The number of hydrogen-bond donors (Lipinski definition) is 3. The van der Waals surface area contributed by atoms with Gasteiger partial charge in [0.05, 0.1) is 14.2 Å². The first kappa shape index (κ1) is 20.1. The molecule has 0 spiro atoms. The SMILES string of the molecule is COc1c(OS(=O)(=O)[O-])cc2oc(-c3ccc(O)c(O)c3)c(OC)c(=O)c2c1O. The van der Waals surface area contributed by atoms with Crippen LogP contribution in [-0.2, 0) is 10.4 Å². The highest BCUT2D eigenvalue weighted by molar-refractivity contribution is 7.81. The summed E-state index contributed by atoms with van der Waals surface area (Å²) >= 11 is 0. The van der Waals surface area contributed by atoms with Crippen LogP contribution in [0, 0.1) is 0 Å². The van der Waals surface area contributed by atoms with Gasteiger partial charge in [-0.1, -0.05) is 0 Å². The second kappa shape index (κ2) is 7.07. The number of aromatic hydroxyl groups is 3. The molecule has 3 N–H and O–H groups in total. The van der Waals surface area contributed by atoms with Crippen LogP contribution < -0.4 is 19.1 Å². The Bertz CT molecular complexity index is 1280. The first-order valence-electron chi connectivity index (χ1n) is 7.69. The lowest BCUT2D eigenvalue weighted by Crippen LogP contribution is -2.11. The number of fused-ring (bicyclic) bond motifs is 1. The van der Waals surface area contributed by atoms with Gasteiger partial charge in [0.25, 0.3) is 10.4 Å². The molecule has 29 heavy (non-hydrogen) atoms. The smallest absolute Gasteiger partial charge is 0.262 e. The molecule has 154 valence electrons. The third-order valence-electron chi connectivity index (χ3n) is 3.87. The quantitative estimate of drug-likeness (QED) is 0.306. The Morgan fingerprint density at radius 1 is 1.00 bits per heavy atom. The van der Waals surface area contributed by atoms with E-state index in [4.69, 9.17) is 13.9 Å². The number of ether oxygens (including phenoxy) is 2. The molecule has 3 rings (SSSR count). The third-order valence-corrected chi connectivity index (χ3v) is 4.26. The van der Waals surface area contributed by atoms with Gasteiger partial charge in [-0.05, 0) is 18.2 Å². The molecule has 0 amide bonds. The maximum absolute atomic E-state index is 12.9. The number of hydrogen-bond acceptors (Lipinski definition) is 11. The van der Waals surface area contributed by atoms with E-state index < -0.39 is 50.0 Å². The van der Waals surface area contributed by atoms with Gasteiger partial charge in [0.2, 0.25) is 16.9 Å². The number of methoxy groups -OCH3 is 2. The lowest BCUT2D eigenvalue weighted by atomic mass is 10.1. The molecule has 2 aromatic carbocycles. The van der Waals surface area contributed by atoms with Gasteiger partial charge in [0.15, 0.2) is 28.8 Å². The topological polar surface area (TPSA) is 176 Å². The molecule has 0 bridgehead atoms. The second-order valence-electron chi connectivity index (χ2n) is 5.62. The fraction of sp³-hybridized carbons (Fsp3) is 0.118. The molecule has 11 nitrogen and oxygen atoms in total. The summed E-state index contributed by atoms with van der Waals surface area (Å²) in [6.07, 6.45) is 0. The summed E-state index contributed by atoms with van der Waals surface area (Å²) in [5.74, 6) is -3.62. The number of phenolic OH excluding ortho intramolecular Hbond substituents is 3. The Labute approximate surface area is 162 Å². The van der Waals surface area contributed by atoms with Crippen LogP contribution in [0.25, 0.3) is 22.3 Å². The van der Waals surface area contributed by atoms with Crippen molar-refractivity contribution < 1.29 is 46.4 Å². The summed E-state index contributed by atoms with van der Waals surface area (Å²) in [7, 11) is -3.02. The first-order chi connectivity index (χ1) is 13.6. The normalized spacial score (nSPS) is 11.4. The highest BCUT2D eigenvalue weighted by atomic mass is 32.3. The van der Waals surface area contributed by atoms with Crippen LogP contribution in [0.3, 0.4) is 0 Å². The molecule has 1 aromatic heterocycles. The maximum atomic E-state index is 12.9.